The van der Waals surface area contributed by atoms with Crippen molar-refractivity contribution < 1.29 is 32.2 Å². The number of carbonyl (C=O) groups excluding carboxylic acids is 1. The van der Waals surface area contributed by atoms with Gasteiger partial charge in [-0.05, 0) is 31.0 Å². The van der Waals surface area contributed by atoms with E-state index in [1.165, 1.54) is 26.4 Å². The number of carbonyl (C=O) groups is 1. The van der Waals surface area contributed by atoms with Crippen LogP contribution in [0.5, 0.6) is 23.0 Å². The number of hydrogen-bond acceptors (Lipinski definition) is 7. The number of unbranched alkanes of at least 4 members (excludes halogenated alkanes) is 2. The molecule has 0 fully saturated rings. The van der Waals surface area contributed by atoms with E-state index in [-0.39, 0.29) is 23.8 Å². The molecule has 33 heavy (non-hydrogen) atoms. The highest BCUT2D eigenvalue weighted by molar-refractivity contribution is 7.89. The summed E-state index contributed by atoms with van der Waals surface area (Å²) in [5.41, 5.74) is 0.459. The van der Waals surface area contributed by atoms with Crippen LogP contribution < -0.4 is 29.0 Å². The molecule has 0 aromatic heterocycles. The Hall–Kier alpha value is -2.69. The smallest absolute Gasteiger partial charge is 0.240 e. The molecule has 1 heterocycles. The number of rotatable bonds is 11. The second kappa shape index (κ2) is 11.4. The number of fused-ring (bicyclic) bond motifs is 1. The zero-order chi connectivity index (χ0) is 23.8. The molecule has 0 saturated carbocycles. The van der Waals surface area contributed by atoms with E-state index in [9.17, 15) is 13.2 Å². The summed E-state index contributed by atoms with van der Waals surface area (Å²) >= 11 is 6.12. The molecule has 2 N–H and O–H groups in total. The Morgan fingerprint density at radius 3 is 2.45 bits per heavy atom. The van der Waals surface area contributed by atoms with Crippen molar-refractivity contribution in [1.82, 2.24) is 4.72 Å². The number of ether oxygens (including phenoxy) is 4. The van der Waals surface area contributed by atoms with Crippen molar-refractivity contribution in [2.24, 2.45) is 0 Å². The van der Waals surface area contributed by atoms with Gasteiger partial charge in [0.15, 0.2) is 11.5 Å². The molecule has 0 atom stereocenters. The molecule has 1 amide bonds. The molecule has 3 rings (SSSR count). The summed E-state index contributed by atoms with van der Waals surface area (Å²) in [4.78, 5) is 12.4. The SMILES string of the molecule is COc1cc(OC)c(NC(=O)CCCCCNS(=O)(=O)c2ccc3c(c2)OCCO3)cc1Cl. The molecule has 0 spiro atoms. The molecule has 0 aliphatic carbocycles. The van der Waals surface area contributed by atoms with Gasteiger partial charge >= 0.3 is 0 Å². The van der Waals surface area contributed by atoms with Crippen LogP contribution in [0.25, 0.3) is 0 Å². The van der Waals surface area contributed by atoms with Gasteiger partial charge in [-0.15, -0.1) is 0 Å². The van der Waals surface area contributed by atoms with Crippen molar-refractivity contribution in [3.05, 3.63) is 35.4 Å². The fourth-order valence-electron chi connectivity index (χ4n) is 3.24. The molecule has 0 unspecified atom stereocenters. The van der Waals surface area contributed by atoms with E-state index in [2.05, 4.69) is 10.0 Å². The van der Waals surface area contributed by atoms with Gasteiger partial charge in [-0.25, -0.2) is 13.1 Å². The van der Waals surface area contributed by atoms with E-state index in [1.54, 1.807) is 18.2 Å². The van der Waals surface area contributed by atoms with Gasteiger partial charge < -0.3 is 24.3 Å². The number of amides is 1. The predicted molar refractivity (Wildman–Crippen MR) is 124 cm³/mol. The average molecular weight is 499 g/mol. The molecule has 0 saturated heterocycles. The summed E-state index contributed by atoms with van der Waals surface area (Å²) in [6.07, 6.45) is 2.15. The van der Waals surface area contributed by atoms with Crippen molar-refractivity contribution in [1.29, 1.82) is 0 Å². The van der Waals surface area contributed by atoms with Crippen LogP contribution in [0.3, 0.4) is 0 Å². The number of benzene rings is 2. The second-order valence-corrected chi connectivity index (χ2v) is 9.42. The predicted octanol–water partition coefficient (Wildman–Crippen LogP) is 3.61. The van der Waals surface area contributed by atoms with Gasteiger partial charge in [0.1, 0.15) is 24.7 Å². The molecular formula is C22H27ClN2O7S. The summed E-state index contributed by atoms with van der Waals surface area (Å²) in [5, 5.41) is 3.14. The number of methoxy groups -OCH3 is 2. The van der Waals surface area contributed by atoms with Gasteiger partial charge in [0.25, 0.3) is 0 Å². The van der Waals surface area contributed by atoms with Crippen LogP contribution >= 0.6 is 11.6 Å². The highest BCUT2D eigenvalue weighted by Crippen LogP contribution is 2.36. The van der Waals surface area contributed by atoms with Crippen LogP contribution in [0.4, 0.5) is 5.69 Å². The summed E-state index contributed by atoms with van der Waals surface area (Å²) in [6, 6.07) is 7.71. The molecular weight excluding hydrogens is 472 g/mol. The van der Waals surface area contributed by atoms with Crippen LogP contribution in [0, 0.1) is 0 Å². The lowest BCUT2D eigenvalue weighted by atomic mass is 10.2. The van der Waals surface area contributed by atoms with Crippen LogP contribution in [-0.2, 0) is 14.8 Å². The van der Waals surface area contributed by atoms with Gasteiger partial charge in [-0.3, -0.25) is 4.79 Å². The van der Waals surface area contributed by atoms with E-state index in [0.29, 0.717) is 66.2 Å². The van der Waals surface area contributed by atoms with E-state index < -0.39 is 10.0 Å². The molecule has 1 aliphatic heterocycles. The monoisotopic (exact) mass is 498 g/mol. The first-order valence-electron chi connectivity index (χ1n) is 10.4. The van der Waals surface area contributed by atoms with Gasteiger partial charge in [-0.1, -0.05) is 18.0 Å². The summed E-state index contributed by atoms with van der Waals surface area (Å²) in [6.45, 7) is 1.09. The molecule has 0 radical (unpaired) electrons. The van der Waals surface area contributed by atoms with Gasteiger partial charge in [0.05, 0.1) is 29.8 Å². The number of halogens is 1. The molecule has 2 aromatic carbocycles. The fourth-order valence-corrected chi connectivity index (χ4v) is 4.57. The average Bonchev–Trinajstić information content (AvgIpc) is 2.81. The minimum atomic E-state index is -3.66. The van der Waals surface area contributed by atoms with Gasteiger partial charge in [-0.2, -0.15) is 0 Å². The van der Waals surface area contributed by atoms with Crippen molar-refractivity contribution in [3.63, 3.8) is 0 Å². The number of anilines is 1. The standard InChI is InChI=1S/C22H27ClN2O7S/c1-29-19-14-20(30-2)17(13-16(19)23)25-22(26)6-4-3-5-9-24-33(27,28)15-7-8-18-21(12-15)32-11-10-31-18/h7-8,12-14,24H,3-6,9-11H2,1-2H3,(H,25,26). The second-order valence-electron chi connectivity index (χ2n) is 7.25. The number of hydrogen-bond donors (Lipinski definition) is 2. The first kappa shape index (κ1) is 24.9. The van der Waals surface area contributed by atoms with E-state index in [0.717, 1.165) is 0 Å². The van der Waals surface area contributed by atoms with Crippen molar-refractivity contribution in [2.75, 3.05) is 39.3 Å². The maximum atomic E-state index is 12.5. The minimum Gasteiger partial charge on any atom is -0.495 e. The van der Waals surface area contributed by atoms with Gasteiger partial charge in [0.2, 0.25) is 15.9 Å². The van der Waals surface area contributed by atoms with Crippen LogP contribution in [0.1, 0.15) is 25.7 Å². The first-order chi connectivity index (χ1) is 15.8. The summed E-state index contributed by atoms with van der Waals surface area (Å²) < 4.78 is 48.8. The Bertz CT molecular complexity index is 1090. The molecule has 1 aliphatic rings. The molecule has 9 nitrogen and oxygen atoms in total. The lowest BCUT2D eigenvalue weighted by Crippen LogP contribution is -2.25. The lowest BCUT2D eigenvalue weighted by molar-refractivity contribution is -0.116. The van der Waals surface area contributed by atoms with Crippen molar-refractivity contribution >= 4 is 33.2 Å². The van der Waals surface area contributed by atoms with Crippen molar-refractivity contribution in [2.45, 2.75) is 30.6 Å². The largest absolute Gasteiger partial charge is 0.495 e. The highest BCUT2D eigenvalue weighted by atomic mass is 35.5. The third-order valence-corrected chi connectivity index (χ3v) is 6.70. The Labute approximate surface area is 198 Å². The third-order valence-electron chi connectivity index (χ3n) is 4.94. The number of nitrogens with one attached hydrogen (secondary N) is 2. The summed E-state index contributed by atoms with van der Waals surface area (Å²) in [5.74, 6) is 1.66. The van der Waals surface area contributed by atoms with Crippen molar-refractivity contribution in [3.8, 4) is 23.0 Å². The zero-order valence-corrected chi connectivity index (χ0v) is 20.1. The Balaban J connectivity index is 1.41. The third kappa shape index (κ3) is 6.66. The molecule has 0 bridgehead atoms. The lowest BCUT2D eigenvalue weighted by Gasteiger charge is -2.18. The molecule has 2 aromatic rings. The number of sulfonamides is 1. The quantitative estimate of drug-likeness (QED) is 0.455. The topological polar surface area (TPSA) is 112 Å². The Kier molecular flexibility index (Phi) is 8.65. The fraction of sp³-hybridized carbons (Fsp3) is 0.409. The minimum absolute atomic E-state index is 0.123. The van der Waals surface area contributed by atoms with E-state index in [1.807, 2.05) is 0 Å². The zero-order valence-electron chi connectivity index (χ0n) is 18.5. The van der Waals surface area contributed by atoms with Crippen LogP contribution in [0.2, 0.25) is 5.02 Å². The Morgan fingerprint density at radius 1 is 1.00 bits per heavy atom. The van der Waals surface area contributed by atoms with E-state index in [4.69, 9.17) is 30.5 Å². The first-order valence-corrected chi connectivity index (χ1v) is 12.3. The van der Waals surface area contributed by atoms with E-state index >= 15 is 0 Å². The Morgan fingerprint density at radius 2 is 1.73 bits per heavy atom. The normalized spacial score (nSPS) is 12.8. The van der Waals surface area contributed by atoms with Gasteiger partial charge in [0, 0.05) is 25.1 Å². The summed E-state index contributed by atoms with van der Waals surface area (Å²) in [7, 11) is -0.671. The maximum Gasteiger partial charge on any atom is 0.240 e. The van der Waals surface area contributed by atoms with Crippen LogP contribution in [0.15, 0.2) is 35.2 Å². The maximum absolute atomic E-state index is 12.5. The molecule has 11 heteroatoms. The molecule has 180 valence electrons. The highest BCUT2D eigenvalue weighted by Gasteiger charge is 2.19. The van der Waals surface area contributed by atoms with Crippen LogP contribution in [-0.4, -0.2) is 48.3 Å².